The van der Waals surface area contributed by atoms with Crippen LogP contribution in [0.5, 0.6) is 0 Å². The van der Waals surface area contributed by atoms with E-state index in [9.17, 15) is 9.90 Å². The molecular weight excluding hydrogens is 429 g/mol. The largest absolute Gasteiger partial charge is 0.378 e. The second-order valence-electron chi connectivity index (χ2n) is 6.86. The maximum Gasteiger partial charge on any atom is 0.257 e. The quantitative estimate of drug-likeness (QED) is 0.552. The summed E-state index contributed by atoms with van der Waals surface area (Å²) in [7, 11) is 0. The molecule has 0 aliphatic carbocycles. The van der Waals surface area contributed by atoms with Gasteiger partial charge in [-0.2, -0.15) is 0 Å². The number of pyridine rings is 1. The molecule has 0 spiro atoms. The van der Waals surface area contributed by atoms with Crippen LogP contribution in [0.4, 0.5) is 5.69 Å². The van der Waals surface area contributed by atoms with E-state index >= 15 is 0 Å². The Labute approximate surface area is 183 Å². The minimum Gasteiger partial charge on any atom is -0.378 e. The Morgan fingerprint density at radius 3 is 2.69 bits per heavy atom. The molecule has 29 heavy (non-hydrogen) atoms. The van der Waals surface area contributed by atoms with Gasteiger partial charge in [0.05, 0.1) is 9.74 Å². The summed E-state index contributed by atoms with van der Waals surface area (Å²) in [5.41, 5.74) is 4.10. The topological polar surface area (TPSA) is 67.2 Å². The minimum absolute atomic E-state index is 0.119. The third-order valence-corrected chi connectivity index (χ3v) is 6.74. The Morgan fingerprint density at radius 2 is 2.00 bits per heavy atom. The predicted molar refractivity (Wildman–Crippen MR) is 117 cm³/mol. The second-order valence-corrected chi connectivity index (χ2v) is 9.27. The van der Waals surface area contributed by atoms with Gasteiger partial charge in [0, 0.05) is 47.3 Å². The van der Waals surface area contributed by atoms with Gasteiger partial charge >= 0.3 is 0 Å². The molecule has 0 bridgehead atoms. The average molecular weight is 448 g/mol. The van der Waals surface area contributed by atoms with Crippen molar-refractivity contribution in [3.63, 3.8) is 0 Å². The highest BCUT2D eigenvalue weighted by Crippen LogP contribution is 2.45. The Morgan fingerprint density at radius 1 is 1.31 bits per heavy atom. The van der Waals surface area contributed by atoms with Crippen LogP contribution in [-0.4, -0.2) is 25.3 Å². The second kappa shape index (κ2) is 8.40. The number of nitrogens with zero attached hydrogens (tertiary/aromatic N) is 2. The summed E-state index contributed by atoms with van der Waals surface area (Å²) >= 11 is 14.0. The molecule has 8 heteroatoms. The Balaban J connectivity index is 1.66. The highest BCUT2D eigenvalue weighted by Gasteiger charge is 2.34. The molecule has 0 saturated heterocycles. The van der Waals surface area contributed by atoms with Crippen LogP contribution < -0.4 is 5.32 Å². The van der Waals surface area contributed by atoms with Gasteiger partial charge in [-0.25, -0.2) is 0 Å². The molecule has 2 atom stereocenters. The van der Waals surface area contributed by atoms with Gasteiger partial charge in [0.1, 0.15) is 0 Å². The van der Waals surface area contributed by atoms with E-state index in [0.717, 1.165) is 21.8 Å². The van der Waals surface area contributed by atoms with Gasteiger partial charge in [0.2, 0.25) is 0 Å². The summed E-state index contributed by atoms with van der Waals surface area (Å²) in [6.07, 6.45) is 2.49. The van der Waals surface area contributed by atoms with E-state index < -0.39 is 12.0 Å². The summed E-state index contributed by atoms with van der Waals surface area (Å²) in [6, 6.07) is 11.0. The van der Waals surface area contributed by atoms with E-state index in [2.05, 4.69) is 14.9 Å². The number of aliphatic hydroxyl groups is 1. The lowest BCUT2D eigenvalue weighted by molar-refractivity contribution is -0.124. The van der Waals surface area contributed by atoms with Crippen LogP contribution in [-0.2, 0) is 17.8 Å². The molecule has 0 fully saturated rings. The Hall–Kier alpha value is -1.99. The number of rotatable bonds is 5. The first-order valence-corrected chi connectivity index (χ1v) is 10.8. The number of aliphatic hydroxyl groups excluding tert-OH is 1. The monoisotopic (exact) mass is 447 g/mol. The zero-order valence-corrected chi connectivity index (χ0v) is 17.9. The number of aromatic nitrogens is 2. The van der Waals surface area contributed by atoms with Crippen LogP contribution in [0, 0.1) is 6.92 Å². The number of alkyl halides is 1. The number of nitrogens with one attached hydrogen (secondary N) is 1. The van der Waals surface area contributed by atoms with Crippen molar-refractivity contribution in [1.82, 2.24) is 9.55 Å². The smallest absolute Gasteiger partial charge is 0.257 e. The number of benzene rings is 1. The third-order valence-electron chi connectivity index (χ3n) is 4.95. The van der Waals surface area contributed by atoms with Crippen molar-refractivity contribution in [2.45, 2.75) is 35.7 Å². The lowest BCUT2D eigenvalue weighted by Crippen LogP contribution is -2.22. The van der Waals surface area contributed by atoms with Crippen LogP contribution in [0.1, 0.15) is 28.5 Å². The normalized spacial score (nSPS) is 16.5. The van der Waals surface area contributed by atoms with Crippen LogP contribution in [0.25, 0.3) is 0 Å². The van der Waals surface area contributed by atoms with E-state index in [1.807, 2.05) is 31.2 Å². The summed E-state index contributed by atoms with van der Waals surface area (Å²) < 4.78 is 2.00. The first-order valence-electron chi connectivity index (χ1n) is 9.10. The first-order chi connectivity index (χ1) is 13.9. The standard InChI is InChI=1S/C21H19Cl2N3O2S/c1-12-18(19(27)20(28)25-15-6-8-24-9-7-15)16-10-17(23)29-21(16)26(12)11-13-2-4-14(22)5-3-13/h2-9,17,19,27H,10-11H2,1H3,(H,24,25,28). The van der Waals surface area contributed by atoms with Gasteiger partial charge in [-0.15, -0.1) is 11.6 Å². The molecule has 2 aromatic heterocycles. The lowest BCUT2D eigenvalue weighted by atomic mass is 10.0. The number of amides is 1. The van der Waals surface area contributed by atoms with Crippen LogP contribution in [0.2, 0.25) is 5.02 Å². The van der Waals surface area contributed by atoms with Gasteiger partial charge in [0.25, 0.3) is 5.91 Å². The molecule has 1 aliphatic heterocycles. The van der Waals surface area contributed by atoms with Gasteiger partial charge in [-0.3, -0.25) is 9.78 Å². The van der Waals surface area contributed by atoms with Crippen molar-refractivity contribution < 1.29 is 9.90 Å². The highest BCUT2D eigenvalue weighted by atomic mass is 35.5. The van der Waals surface area contributed by atoms with Crippen molar-refractivity contribution in [2.75, 3.05) is 5.32 Å². The lowest BCUT2D eigenvalue weighted by Gasteiger charge is -2.15. The molecule has 4 rings (SSSR count). The molecule has 1 aliphatic rings. The molecule has 3 aromatic rings. The summed E-state index contributed by atoms with van der Waals surface area (Å²) in [4.78, 5) is 16.6. The zero-order chi connectivity index (χ0) is 20.5. The average Bonchev–Trinajstić information content (AvgIpc) is 3.19. The van der Waals surface area contributed by atoms with Gasteiger partial charge in [0.15, 0.2) is 6.10 Å². The fraction of sp³-hybridized carbons (Fsp3) is 0.238. The summed E-state index contributed by atoms with van der Waals surface area (Å²) in [6.45, 7) is 2.54. The zero-order valence-electron chi connectivity index (χ0n) is 15.6. The molecule has 5 nitrogen and oxygen atoms in total. The van der Waals surface area contributed by atoms with Gasteiger partial charge in [-0.05, 0) is 42.3 Å². The van der Waals surface area contributed by atoms with E-state index in [0.29, 0.717) is 29.2 Å². The van der Waals surface area contributed by atoms with Crippen molar-refractivity contribution in [3.8, 4) is 0 Å². The molecule has 0 radical (unpaired) electrons. The van der Waals surface area contributed by atoms with E-state index in [4.69, 9.17) is 23.2 Å². The molecule has 0 saturated carbocycles. The summed E-state index contributed by atoms with van der Waals surface area (Å²) in [5, 5.41) is 15.3. The Bertz CT molecular complexity index is 1040. The maximum absolute atomic E-state index is 12.7. The van der Waals surface area contributed by atoms with E-state index in [-0.39, 0.29) is 4.71 Å². The van der Waals surface area contributed by atoms with E-state index in [1.165, 1.54) is 0 Å². The minimum atomic E-state index is -1.29. The molecule has 2 N–H and O–H groups in total. The van der Waals surface area contributed by atoms with Crippen molar-refractivity contribution >= 4 is 46.6 Å². The van der Waals surface area contributed by atoms with E-state index in [1.54, 1.807) is 36.3 Å². The number of anilines is 1. The number of carbonyl (C=O) groups is 1. The summed E-state index contributed by atoms with van der Waals surface area (Å²) in [5.74, 6) is -0.478. The number of fused-ring (bicyclic) bond motifs is 1. The van der Waals surface area contributed by atoms with Crippen LogP contribution in [0.15, 0.2) is 53.8 Å². The van der Waals surface area contributed by atoms with Crippen molar-refractivity contribution in [3.05, 3.63) is 76.2 Å². The number of hydrogen-bond acceptors (Lipinski definition) is 4. The van der Waals surface area contributed by atoms with Gasteiger partial charge < -0.3 is 15.0 Å². The highest BCUT2D eigenvalue weighted by molar-refractivity contribution is 8.01. The third kappa shape index (κ3) is 4.16. The molecule has 1 aromatic carbocycles. The number of carbonyl (C=O) groups excluding carboxylic acids is 1. The molecule has 1 amide bonds. The number of halogens is 2. The first kappa shape index (κ1) is 20.3. The predicted octanol–water partition coefficient (Wildman–Crippen LogP) is 4.78. The molecule has 2 unspecified atom stereocenters. The number of hydrogen-bond donors (Lipinski definition) is 2. The molecule has 150 valence electrons. The SMILES string of the molecule is Cc1c(C(O)C(=O)Nc2ccncc2)c2c(n1Cc1ccc(Cl)cc1)SC(Cl)C2. The molecular formula is C21H19Cl2N3O2S. The fourth-order valence-corrected chi connectivity index (χ4v) is 5.24. The van der Waals surface area contributed by atoms with Gasteiger partial charge in [-0.1, -0.05) is 35.5 Å². The Kier molecular flexibility index (Phi) is 5.88. The number of thioether (sulfide) groups is 1. The van der Waals surface area contributed by atoms with Crippen molar-refractivity contribution in [2.24, 2.45) is 0 Å². The van der Waals surface area contributed by atoms with Crippen LogP contribution >= 0.6 is 35.0 Å². The molecule has 3 heterocycles. The maximum atomic E-state index is 12.7. The van der Waals surface area contributed by atoms with Crippen LogP contribution in [0.3, 0.4) is 0 Å². The van der Waals surface area contributed by atoms with Crippen molar-refractivity contribution in [1.29, 1.82) is 0 Å². The fourth-order valence-electron chi connectivity index (χ4n) is 3.55.